The van der Waals surface area contributed by atoms with E-state index in [-0.39, 0.29) is 11.4 Å². The van der Waals surface area contributed by atoms with Crippen LogP contribution in [-0.2, 0) is 14.2 Å². The van der Waals surface area contributed by atoms with Crippen LogP contribution in [0.25, 0.3) is 0 Å². The second-order valence-electron chi connectivity index (χ2n) is 5.73. The smallest absolute Gasteiger partial charge is 0.168 e. The maximum absolute atomic E-state index is 5.72. The van der Waals surface area contributed by atoms with Gasteiger partial charge in [0.1, 0.15) is 0 Å². The zero-order valence-electron chi connectivity index (χ0n) is 11.3. The van der Waals surface area contributed by atoms with Gasteiger partial charge in [0.2, 0.25) is 0 Å². The lowest BCUT2D eigenvalue weighted by molar-refractivity contribution is -0.179. The average Bonchev–Trinajstić information content (AvgIpc) is 2.77. The molecule has 1 aliphatic heterocycles. The summed E-state index contributed by atoms with van der Waals surface area (Å²) >= 11 is 0. The summed E-state index contributed by atoms with van der Waals surface area (Å²) in [4.78, 5) is 0. The van der Waals surface area contributed by atoms with Gasteiger partial charge < -0.3 is 19.5 Å². The Labute approximate surface area is 104 Å². The van der Waals surface area contributed by atoms with Gasteiger partial charge in [0.15, 0.2) is 5.79 Å². The van der Waals surface area contributed by atoms with Crippen LogP contribution in [0.1, 0.15) is 39.5 Å². The maximum Gasteiger partial charge on any atom is 0.168 e. The van der Waals surface area contributed by atoms with Gasteiger partial charge in [-0.05, 0) is 26.7 Å². The van der Waals surface area contributed by atoms with E-state index in [1.54, 1.807) is 7.11 Å². The van der Waals surface area contributed by atoms with Crippen LogP contribution in [-0.4, -0.2) is 44.3 Å². The molecule has 0 radical (unpaired) electrons. The summed E-state index contributed by atoms with van der Waals surface area (Å²) in [6, 6.07) is 0.572. The molecule has 1 saturated heterocycles. The van der Waals surface area contributed by atoms with Gasteiger partial charge in [-0.2, -0.15) is 0 Å². The second kappa shape index (κ2) is 5.22. The van der Waals surface area contributed by atoms with E-state index in [1.807, 2.05) is 0 Å². The minimum absolute atomic E-state index is 0.0878. The lowest BCUT2D eigenvalue weighted by Gasteiger charge is -2.37. The summed E-state index contributed by atoms with van der Waals surface area (Å²) in [5, 5.41) is 3.58. The molecule has 100 valence electrons. The number of hydrogen-bond acceptors (Lipinski definition) is 4. The van der Waals surface area contributed by atoms with Crippen molar-refractivity contribution < 1.29 is 14.2 Å². The molecule has 0 aromatic carbocycles. The zero-order valence-corrected chi connectivity index (χ0v) is 11.3. The Bertz CT molecular complexity index is 239. The minimum atomic E-state index is -0.241. The minimum Gasteiger partial charge on any atom is -0.377 e. The summed E-state index contributed by atoms with van der Waals surface area (Å²) < 4.78 is 16.9. The fourth-order valence-electron chi connectivity index (χ4n) is 2.51. The lowest BCUT2D eigenvalue weighted by atomic mass is 9.89. The SMILES string of the molecule is COC(C)(C)CNC1CCC2(CC1)OCCO2. The van der Waals surface area contributed by atoms with Gasteiger partial charge in [-0.15, -0.1) is 0 Å². The van der Waals surface area contributed by atoms with Gasteiger partial charge in [0, 0.05) is 32.5 Å². The van der Waals surface area contributed by atoms with Crippen LogP contribution in [0, 0.1) is 0 Å². The maximum atomic E-state index is 5.72. The molecule has 2 rings (SSSR count). The molecule has 1 heterocycles. The molecule has 2 fully saturated rings. The number of hydrogen-bond donors (Lipinski definition) is 1. The summed E-state index contributed by atoms with van der Waals surface area (Å²) in [5.74, 6) is -0.241. The molecule has 1 saturated carbocycles. The van der Waals surface area contributed by atoms with Crippen molar-refractivity contribution in [2.24, 2.45) is 0 Å². The van der Waals surface area contributed by atoms with E-state index in [9.17, 15) is 0 Å². The Morgan fingerprint density at radius 3 is 2.35 bits per heavy atom. The average molecular weight is 243 g/mol. The van der Waals surface area contributed by atoms with Crippen LogP contribution in [0.4, 0.5) is 0 Å². The molecule has 0 aromatic rings. The third-order valence-electron chi connectivity index (χ3n) is 3.93. The molecule has 0 bridgehead atoms. The summed E-state index contributed by atoms with van der Waals surface area (Å²) in [6.07, 6.45) is 4.27. The quantitative estimate of drug-likeness (QED) is 0.815. The fraction of sp³-hybridized carbons (Fsp3) is 1.00. The predicted molar refractivity (Wildman–Crippen MR) is 66.0 cm³/mol. The summed E-state index contributed by atoms with van der Waals surface area (Å²) in [7, 11) is 1.76. The summed E-state index contributed by atoms with van der Waals surface area (Å²) in [5.41, 5.74) is -0.0878. The van der Waals surface area contributed by atoms with Crippen molar-refractivity contribution in [2.45, 2.75) is 57.0 Å². The molecule has 0 unspecified atom stereocenters. The van der Waals surface area contributed by atoms with Gasteiger partial charge in [0.25, 0.3) is 0 Å². The van der Waals surface area contributed by atoms with Crippen LogP contribution < -0.4 is 5.32 Å². The van der Waals surface area contributed by atoms with Gasteiger partial charge >= 0.3 is 0 Å². The van der Waals surface area contributed by atoms with Gasteiger partial charge in [-0.25, -0.2) is 0 Å². The van der Waals surface area contributed by atoms with E-state index in [0.29, 0.717) is 6.04 Å². The zero-order chi connectivity index (χ0) is 12.4. The van der Waals surface area contributed by atoms with Crippen molar-refractivity contribution >= 4 is 0 Å². The summed E-state index contributed by atoms with van der Waals surface area (Å²) in [6.45, 7) is 6.62. The molecule has 1 spiro atoms. The third kappa shape index (κ3) is 3.41. The third-order valence-corrected chi connectivity index (χ3v) is 3.93. The van der Waals surface area contributed by atoms with E-state index in [1.165, 1.54) is 0 Å². The topological polar surface area (TPSA) is 39.7 Å². The van der Waals surface area contributed by atoms with E-state index in [4.69, 9.17) is 14.2 Å². The standard InChI is InChI=1S/C13H25NO3/c1-12(2,15-3)10-14-11-4-6-13(7-5-11)16-8-9-17-13/h11,14H,4-10H2,1-3H3. The molecule has 1 aliphatic carbocycles. The Hall–Kier alpha value is -0.160. The highest BCUT2D eigenvalue weighted by atomic mass is 16.7. The van der Waals surface area contributed by atoms with Gasteiger partial charge in [-0.3, -0.25) is 0 Å². The van der Waals surface area contributed by atoms with E-state index >= 15 is 0 Å². The normalized spacial score (nSPS) is 25.6. The van der Waals surface area contributed by atoms with E-state index in [2.05, 4.69) is 19.2 Å². The Morgan fingerprint density at radius 1 is 1.24 bits per heavy atom. The van der Waals surface area contributed by atoms with Gasteiger partial charge in [0.05, 0.1) is 18.8 Å². The molecule has 17 heavy (non-hydrogen) atoms. The number of methoxy groups -OCH3 is 1. The van der Waals surface area contributed by atoms with E-state index in [0.717, 1.165) is 45.4 Å². The van der Waals surface area contributed by atoms with Crippen LogP contribution in [0.15, 0.2) is 0 Å². The van der Waals surface area contributed by atoms with Crippen LogP contribution in [0.3, 0.4) is 0 Å². The van der Waals surface area contributed by atoms with Gasteiger partial charge in [-0.1, -0.05) is 0 Å². The van der Waals surface area contributed by atoms with Crippen LogP contribution in [0.2, 0.25) is 0 Å². The largest absolute Gasteiger partial charge is 0.377 e. The second-order valence-corrected chi connectivity index (χ2v) is 5.73. The molecule has 4 nitrogen and oxygen atoms in total. The molecule has 0 aromatic heterocycles. The molecule has 0 atom stereocenters. The molecule has 0 amide bonds. The molecule has 4 heteroatoms. The Morgan fingerprint density at radius 2 is 1.82 bits per heavy atom. The van der Waals surface area contributed by atoms with Crippen molar-refractivity contribution in [3.63, 3.8) is 0 Å². The van der Waals surface area contributed by atoms with Crippen LogP contribution >= 0.6 is 0 Å². The monoisotopic (exact) mass is 243 g/mol. The van der Waals surface area contributed by atoms with Crippen molar-refractivity contribution in [3.8, 4) is 0 Å². The Balaban J connectivity index is 1.72. The van der Waals surface area contributed by atoms with Crippen molar-refractivity contribution in [2.75, 3.05) is 26.9 Å². The lowest BCUT2D eigenvalue weighted by Crippen LogP contribution is -2.46. The number of nitrogens with one attached hydrogen (secondary N) is 1. The molecular formula is C13H25NO3. The van der Waals surface area contributed by atoms with Crippen molar-refractivity contribution in [3.05, 3.63) is 0 Å². The molecule has 2 aliphatic rings. The number of rotatable bonds is 4. The Kier molecular flexibility index (Phi) is 4.08. The fourth-order valence-corrected chi connectivity index (χ4v) is 2.51. The molecule has 1 N–H and O–H groups in total. The predicted octanol–water partition coefficient (Wildman–Crippen LogP) is 1.69. The first-order valence-electron chi connectivity index (χ1n) is 6.62. The van der Waals surface area contributed by atoms with Crippen molar-refractivity contribution in [1.82, 2.24) is 5.32 Å². The van der Waals surface area contributed by atoms with E-state index < -0.39 is 0 Å². The first kappa shape index (κ1) is 13.3. The highest BCUT2D eigenvalue weighted by Gasteiger charge is 2.40. The first-order chi connectivity index (χ1) is 8.05. The highest BCUT2D eigenvalue weighted by molar-refractivity contribution is 4.86. The highest BCUT2D eigenvalue weighted by Crippen LogP contribution is 2.35. The van der Waals surface area contributed by atoms with Crippen LogP contribution in [0.5, 0.6) is 0 Å². The first-order valence-corrected chi connectivity index (χ1v) is 6.62. The molecular weight excluding hydrogens is 218 g/mol. The van der Waals surface area contributed by atoms with Crippen molar-refractivity contribution in [1.29, 1.82) is 0 Å². The number of ether oxygens (including phenoxy) is 3.